The maximum Gasteiger partial charge on any atom is 0.226 e. The minimum Gasteiger partial charge on any atom is -0.382 e. The van der Waals surface area contributed by atoms with Crippen molar-refractivity contribution in [3.05, 3.63) is 45.0 Å². The van der Waals surface area contributed by atoms with E-state index < -0.39 is 0 Å². The average molecular weight is 504 g/mol. The molecule has 3 aromatic heterocycles. The first kappa shape index (κ1) is 23.0. The van der Waals surface area contributed by atoms with Gasteiger partial charge in [-0.3, -0.25) is 0 Å². The van der Waals surface area contributed by atoms with Crippen LogP contribution in [-0.4, -0.2) is 44.3 Å². The van der Waals surface area contributed by atoms with E-state index >= 15 is 0 Å². The molecule has 10 nitrogen and oxygen atoms in total. The van der Waals surface area contributed by atoms with Crippen LogP contribution in [0, 0.1) is 11.3 Å². The number of halogens is 2. The van der Waals surface area contributed by atoms with Crippen molar-refractivity contribution in [2.75, 3.05) is 36.1 Å². The van der Waals surface area contributed by atoms with Crippen LogP contribution in [0.5, 0.6) is 0 Å². The molecule has 0 fully saturated rings. The summed E-state index contributed by atoms with van der Waals surface area (Å²) in [6.45, 7) is 3.76. The Bertz CT molecular complexity index is 1330. The standard InChI is InChI=1S/C20H19Cl2N9OS/c1-2-32-10-16-28-17-8-14(12-4-3-11(21)7-13(12)22)27-19(31(17)30-16)25-5-6-26-20-29-18(24)15(9-23)33-20/h3-4,7-8H,2,5-6,10,24H2,1H3,(H,25,27)(H,26,29). The summed E-state index contributed by atoms with van der Waals surface area (Å²) >= 11 is 13.7. The Kier molecular flexibility index (Phi) is 7.10. The number of thiazole rings is 1. The summed E-state index contributed by atoms with van der Waals surface area (Å²) in [5.74, 6) is 1.25. The quantitative estimate of drug-likeness (QED) is 0.288. The van der Waals surface area contributed by atoms with Gasteiger partial charge in [0.25, 0.3) is 0 Å². The van der Waals surface area contributed by atoms with Crippen molar-refractivity contribution in [2.45, 2.75) is 13.5 Å². The Hall–Kier alpha value is -3.17. The number of anilines is 3. The lowest BCUT2D eigenvalue weighted by atomic mass is 10.1. The van der Waals surface area contributed by atoms with Crippen molar-refractivity contribution in [1.82, 2.24) is 24.6 Å². The second-order valence-electron chi connectivity index (χ2n) is 6.72. The molecule has 0 spiro atoms. The van der Waals surface area contributed by atoms with Crippen LogP contribution in [0.15, 0.2) is 24.3 Å². The molecule has 170 valence electrons. The van der Waals surface area contributed by atoms with Crippen molar-refractivity contribution in [2.24, 2.45) is 0 Å². The first-order valence-electron chi connectivity index (χ1n) is 9.92. The summed E-state index contributed by atoms with van der Waals surface area (Å²) in [6, 6.07) is 9.06. The molecule has 33 heavy (non-hydrogen) atoms. The molecule has 0 bridgehead atoms. The van der Waals surface area contributed by atoms with Crippen molar-refractivity contribution < 1.29 is 4.74 Å². The highest BCUT2D eigenvalue weighted by molar-refractivity contribution is 7.16. The van der Waals surface area contributed by atoms with Crippen LogP contribution in [0.4, 0.5) is 16.9 Å². The number of nitriles is 1. The van der Waals surface area contributed by atoms with E-state index in [1.54, 1.807) is 16.6 Å². The Balaban J connectivity index is 1.58. The number of hydrogen-bond acceptors (Lipinski definition) is 10. The van der Waals surface area contributed by atoms with E-state index in [0.29, 0.717) is 69.5 Å². The van der Waals surface area contributed by atoms with Gasteiger partial charge in [0.1, 0.15) is 17.6 Å². The molecule has 13 heteroatoms. The van der Waals surface area contributed by atoms with E-state index in [0.717, 1.165) is 5.56 Å². The lowest BCUT2D eigenvalue weighted by Crippen LogP contribution is -2.17. The first-order valence-corrected chi connectivity index (χ1v) is 11.5. The largest absolute Gasteiger partial charge is 0.382 e. The SMILES string of the molecule is CCOCc1nc2cc(-c3ccc(Cl)cc3Cl)nc(NCCNc3nc(N)c(C#N)s3)n2n1. The molecule has 4 N–H and O–H groups in total. The van der Waals surface area contributed by atoms with E-state index in [-0.39, 0.29) is 5.82 Å². The third kappa shape index (κ3) is 5.26. The van der Waals surface area contributed by atoms with Gasteiger partial charge in [0.05, 0.1) is 10.7 Å². The first-order chi connectivity index (χ1) is 16.0. The Morgan fingerprint density at radius 3 is 2.73 bits per heavy atom. The molecule has 0 saturated heterocycles. The molecule has 0 amide bonds. The zero-order valence-electron chi connectivity index (χ0n) is 17.5. The second-order valence-corrected chi connectivity index (χ2v) is 8.57. The molecule has 1 aromatic carbocycles. The molecule has 0 unspecified atom stereocenters. The van der Waals surface area contributed by atoms with E-state index in [9.17, 15) is 0 Å². The summed E-state index contributed by atoms with van der Waals surface area (Å²) in [5.41, 5.74) is 7.65. The lowest BCUT2D eigenvalue weighted by molar-refractivity contribution is 0.128. The zero-order chi connectivity index (χ0) is 23.4. The molecular formula is C20H19Cl2N9OS. The van der Waals surface area contributed by atoms with E-state index in [2.05, 4.69) is 25.7 Å². The van der Waals surface area contributed by atoms with Gasteiger partial charge in [0, 0.05) is 36.3 Å². The number of hydrogen-bond donors (Lipinski definition) is 3. The normalized spacial score (nSPS) is 11.0. The number of nitrogen functional groups attached to an aromatic ring is 1. The highest BCUT2D eigenvalue weighted by Crippen LogP contribution is 2.30. The fourth-order valence-electron chi connectivity index (χ4n) is 2.97. The van der Waals surface area contributed by atoms with Gasteiger partial charge in [0.2, 0.25) is 5.95 Å². The molecule has 4 rings (SSSR count). The van der Waals surface area contributed by atoms with Gasteiger partial charge >= 0.3 is 0 Å². The van der Waals surface area contributed by atoms with Crippen LogP contribution < -0.4 is 16.4 Å². The number of nitrogens with two attached hydrogens (primary N) is 1. The molecule has 0 atom stereocenters. The van der Waals surface area contributed by atoms with Crippen LogP contribution in [0.3, 0.4) is 0 Å². The molecule has 0 aliphatic rings. The van der Waals surface area contributed by atoms with Crippen LogP contribution in [0.25, 0.3) is 16.9 Å². The summed E-state index contributed by atoms with van der Waals surface area (Å²) in [6.07, 6.45) is 0. The number of ether oxygens (including phenoxy) is 1. The van der Waals surface area contributed by atoms with Gasteiger partial charge in [-0.25, -0.2) is 15.0 Å². The van der Waals surface area contributed by atoms with Crippen LogP contribution >= 0.6 is 34.5 Å². The van der Waals surface area contributed by atoms with Gasteiger partial charge in [-0.1, -0.05) is 34.5 Å². The lowest BCUT2D eigenvalue weighted by Gasteiger charge is -2.11. The van der Waals surface area contributed by atoms with E-state index in [1.165, 1.54) is 11.3 Å². The maximum atomic E-state index is 9.01. The van der Waals surface area contributed by atoms with Gasteiger partial charge in [-0.15, -0.1) is 5.10 Å². The van der Waals surface area contributed by atoms with Crippen molar-refractivity contribution in [3.8, 4) is 17.3 Å². The van der Waals surface area contributed by atoms with Crippen molar-refractivity contribution in [1.29, 1.82) is 5.26 Å². The van der Waals surface area contributed by atoms with Gasteiger partial charge in [0.15, 0.2) is 22.4 Å². The third-order valence-electron chi connectivity index (χ3n) is 4.45. The van der Waals surface area contributed by atoms with Crippen molar-refractivity contribution >= 4 is 57.1 Å². The topological polar surface area (TPSA) is 139 Å². The summed E-state index contributed by atoms with van der Waals surface area (Å²) < 4.78 is 7.06. The molecule has 3 heterocycles. The van der Waals surface area contributed by atoms with Crippen molar-refractivity contribution in [3.63, 3.8) is 0 Å². The molecule has 4 aromatic rings. The number of nitrogens with one attached hydrogen (secondary N) is 2. The number of aromatic nitrogens is 5. The monoisotopic (exact) mass is 503 g/mol. The molecular weight excluding hydrogens is 485 g/mol. The fraction of sp³-hybridized carbons (Fsp3) is 0.250. The smallest absolute Gasteiger partial charge is 0.226 e. The summed E-state index contributed by atoms with van der Waals surface area (Å²) in [7, 11) is 0. The second kappa shape index (κ2) is 10.2. The number of nitrogens with zero attached hydrogens (tertiary/aromatic N) is 6. The average Bonchev–Trinajstić information content (AvgIpc) is 3.37. The third-order valence-corrected chi connectivity index (χ3v) is 5.93. The van der Waals surface area contributed by atoms with Gasteiger partial charge < -0.3 is 21.1 Å². The number of benzene rings is 1. The maximum absolute atomic E-state index is 9.01. The number of fused-ring (bicyclic) bond motifs is 1. The summed E-state index contributed by atoms with van der Waals surface area (Å²) in [4.78, 5) is 13.8. The van der Waals surface area contributed by atoms with E-state index in [1.807, 2.05) is 25.1 Å². The van der Waals surface area contributed by atoms with Crippen LogP contribution in [0.1, 0.15) is 17.6 Å². The van der Waals surface area contributed by atoms with Gasteiger partial charge in [-0.2, -0.15) is 9.78 Å². The van der Waals surface area contributed by atoms with Gasteiger partial charge in [-0.05, 0) is 25.1 Å². The minimum atomic E-state index is 0.221. The zero-order valence-corrected chi connectivity index (χ0v) is 19.8. The fourth-order valence-corrected chi connectivity index (χ4v) is 4.18. The summed E-state index contributed by atoms with van der Waals surface area (Å²) in [5, 5.41) is 21.5. The predicted molar refractivity (Wildman–Crippen MR) is 130 cm³/mol. The molecule has 0 aliphatic heterocycles. The Morgan fingerprint density at radius 2 is 2.00 bits per heavy atom. The minimum absolute atomic E-state index is 0.221. The number of rotatable bonds is 9. The molecule has 0 aliphatic carbocycles. The molecule has 0 saturated carbocycles. The van der Waals surface area contributed by atoms with E-state index in [4.69, 9.17) is 43.9 Å². The molecule has 0 radical (unpaired) electrons. The highest BCUT2D eigenvalue weighted by atomic mass is 35.5. The predicted octanol–water partition coefficient (Wildman–Crippen LogP) is 4.07. The highest BCUT2D eigenvalue weighted by Gasteiger charge is 2.15. The van der Waals surface area contributed by atoms with Crippen LogP contribution in [0.2, 0.25) is 10.0 Å². The Labute approximate surface area is 203 Å². The van der Waals surface area contributed by atoms with Crippen LogP contribution in [-0.2, 0) is 11.3 Å². The Morgan fingerprint density at radius 1 is 1.18 bits per heavy atom.